The Balaban J connectivity index is 2.13. The average molecular weight is 186 g/mol. The summed E-state index contributed by atoms with van der Waals surface area (Å²) in [5.41, 5.74) is 0. The van der Waals surface area contributed by atoms with E-state index < -0.39 is 12.1 Å². The first-order valence-corrected chi connectivity index (χ1v) is 4.91. The van der Waals surface area contributed by atoms with Gasteiger partial charge in [0.05, 0.1) is 7.11 Å². The standard InChI is InChI=1S/C10H18O3/c1-7(8-4-5-8)3-6-9(11)10(12)13-2/h7-9,11H,3-6H2,1-2H3. The van der Waals surface area contributed by atoms with Gasteiger partial charge in [-0.15, -0.1) is 0 Å². The third-order valence-electron chi connectivity index (χ3n) is 2.80. The van der Waals surface area contributed by atoms with Crippen LogP contribution in [0.2, 0.25) is 0 Å². The van der Waals surface area contributed by atoms with Crippen molar-refractivity contribution in [3.8, 4) is 0 Å². The molecule has 1 rings (SSSR count). The summed E-state index contributed by atoms with van der Waals surface area (Å²) >= 11 is 0. The van der Waals surface area contributed by atoms with E-state index in [-0.39, 0.29) is 0 Å². The van der Waals surface area contributed by atoms with Gasteiger partial charge in [-0.25, -0.2) is 4.79 Å². The van der Waals surface area contributed by atoms with Crippen LogP contribution in [0.1, 0.15) is 32.6 Å². The van der Waals surface area contributed by atoms with Gasteiger partial charge in [0, 0.05) is 0 Å². The van der Waals surface area contributed by atoms with E-state index in [0.29, 0.717) is 12.3 Å². The van der Waals surface area contributed by atoms with Gasteiger partial charge in [-0.1, -0.05) is 6.92 Å². The molecule has 1 N–H and O–H groups in total. The summed E-state index contributed by atoms with van der Waals surface area (Å²) in [5, 5.41) is 9.29. The van der Waals surface area contributed by atoms with Crippen molar-refractivity contribution >= 4 is 5.97 Å². The van der Waals surface area contributed by atoms with Crippen molar-refractivity contribution in [2.45, 2.75) is 38.7 Å². The number of carbonyl (C=O) groups excluding carboxylic acids is 1. The van der Waals surface area contributed by atoms with Gasteiger partial charge in [-0.05, 0) is 37.5 Å². The van der Waals surface area contributed by atoms with Crippen LogP contribution in [0.15, 0.2) is 0 Å². The molecule has 2 unspecified atom stereocenters. The molecule has 1 aliphatic rings. The Morgan fingerprint density at radius 1 is 1.54 bits per heavy atom. The molecule has 1 saturated carbocycles. The molecular weight excluding hydrogens is 168 g/mol. The van der Waals surface area contributed by atoms with Gasteiger partial charge in [0.1, 0.15) is 0 Å². The first-order valence-electron chi connectivity index (χ1n) is 4.91. The number of methoxy groups -OCH3 is 1. The van der Waals surface area contributed by atoms with Crippen molar-refractivity contribution in [2.24, 2.45) is 11.8 Å². The van der Waals surface area contributed by atoms with Crippen LogP contribution in [0.3, 0.4) is 0 Å². The third-order valence-corrected chi connectivity index (χ3v) is 2.80. The van der Waals surface area contributed by atoms with Crippen molar-refractivity contribution in [1.29, 1.82) is 0 Å². The van der Waals surface area contributed by atoms with Gasteiger partial charge in [0.15, 0.2) is 6.10 Å². The van der Waals surface area contributed by atoms with E-state index in [0.717, 1.165) is 12.3 Å². The van der Waals surface area contributed by atoms with Crippen LogP contribution in [-0.4, -0.2) is 24.3 Å². The van der Waals surface area contributed by atoms with Gasteiger partial charge in [-0.3, -0.25) is 0 Å². The van der Waals surface area contributed by atoms with Gasteiger partial charge in [-0.2, -0.15) is 0 Å². The van der Waals surface area contributed by atoms with Gasteiger partial charge in [0.25, 0.3) is 0 Å². The molecule has 0 bridgehead atoms. The number of esters is 1. The Labute approximate surface area is 79.1 Å². The van der Waals surface area contributed by atoms with Gasteiger partial charge < -0.3 is 9.84 Å². The molecule has 3 heteroatoms. The molecule has 0 radical (unpaired) electrons. The van der Waals surface area contributed by atoms with Crippen LogP contribution < -0.4 is 0 Å². The highest BCUT2D eigenvalue weighted by Crippen LogP contribution is 2.38. The third kappa shape index (κ3) is 3.35. The normalized spacial score (nSPS) is 20.8. The quantitative estimate of drug-likeness (QED) is 0.659. The predicted octanol–water partition coefficient (Wildman–Crippen LogP) is 1.35. The lowest BCUT2D eigenvalue weighted by atomic mass is 9.98. The van der Waals surface area contributed by atoms with Crippen molar-refractivity contribution in [3.63, 3.8) is 0 Å². The molecule has 13 heavy (non-hydrogen) atoms. The molecule has 2 atom stereocenters. The fourth-order valence-corrected chi connectivity index (χ4v) is 1.58. The van der Waals surface area contributed by atoms with Crippen molar-refractivity contribution in [2.75, 3.05) is 7.11 Å². The molecule has 76 valence electrons. The molecule has 0 spiro atoms. The molecule has 1 aliphatic carbocycles. The highest BCUT2D eigenvalue weighted by molar-refractivity contribution is 5.74. The summed E-state index contributed by atoms with van der Waals surface area (Å²) in [5.74, 6) is 0.965. The minimum absolute atomic E-state index is 0.511. The molecule has 0 heterocycles. The van der Waals surface area contributed by atoms with E-state index in [9.17, 15) is 9.90 Å². The molecule has 1 fully saturated rings. The SMILES string of the molecule is COC(=O)C(O)CCC(C)C1CC1. The second-order valence-electron chi connectivity index (χ2n) is 3.93. The van der Waals surface area contributed by atoms with Crippen LogP contribution in [0.4, 0.5) is 0 Å². The van der Waals surface area contributed by atoms with Crippen LogP contribution in [-0.2, 0) is 9.53 Å². The molecule has 0 saturated heterocycles. The van der Waals surface area contributed by atoms with Crippen LogP contribution in [0.25, 0.3) is 0 Å². The minimum Gasteiger partial charge on any atom is -0.467 e. The predicted molar refractivity (Wildman–Crippen MR) is 49.1 cm³/mol. The summed E-state index contributed by atoms with van der Waals surface area (Å²) in [6, 6.07) is 0. The number of carbonyl (C=O) groups is 1. The number of rotatable bonds is 5. The number of ether oxygens (including phenoxy) is 1. The fraction of sp³-hybridized carbons (Fsp3) is 0.900. The molecular formula is C10H18O3. The smallest absolute Gasteiger partial charge is 0.334 e. The van der Waals surface area contributed by atoms with E-state index >= 15 is 0 Å². The zero-order chi connectivity index (χ0) is 9.84. The lowest BCUT2D eigenvalue weighted by Gasteiger charge is -2.12. The lowest BCUT2D eigenvalue weighted by molar-refractivity contribution is -0.150. The molecule has 0 aromatic heterocycles. The van der Waals surface area contributed by atoms with Crippen molar-refractivity contribution in [1.82, 2.24) is 0 Å². The largest absolute Gasteiger partial charge is 0.467 e. The summed E-state index contributed by atoms with van der Waals surface area (Å²) < 4.78 is 4.43. The monoisotopic (exact) mass is 186 g/mol. The zero-order valence-electron chi connectivity index (χ0n) is 8.32. The van der Waals surface area contributed by atoms with Crippen LogP contribution >= 0.6 is 0 Å². The highest BCUT2D eigenvalue weighted by atomic mass is 16.5. The number of aliphatic hydroxyl groups is 1. The number of hydrogen-bond acceptors (Lipinski definition) is 3. The Hall–Kier alpha value is -0.570. The summed E-state index contributed by atoms with van der Waals surface area (Å²) in [6.45, 7) is 2.18. The zero-order valence-corrected chi connectivity index (χ0v) is 8.32. The van der Waals surface area contributed by atoms with E-state index in [1.165, 1.54) is 20.0 Å². The minimum atomic E-state index is -0.925. The van der Waals surface area contributed by atoms with Crippen LogP contribution in [0.5, 0.6) is 0 Å². The fourth-order valence-electron chi connectivity index (χ4n) is 1.58. The Morgan fingerprint density at radius 2 is 2.15 bits per heavy atom. The second kappa shape index (κ2) is 4.61. The topological polar surface area (TPSA) is 46.5 Å². The lowest BCUT2D eigenvalue weighted by Crippen LogP contribution is -2.22. The van der Waals surface area contributed by atoms with Gasteiger partial charge >= 0.3 is 5.97 Å². The van der Waals surface area contributed by atoms with Gasteiger partial charge in [0.2, 0.25) is 0 Å². The number of aliphatic hydroxyl groups excluding tert-OH is 1. The van der Waals surface area contributed by atoms with E-state index in [1.807, 2.05) is 0 Å². The van der Waals surface area contributed by atoms with Crippen LogP contribution in [0, 0.1) is 11.8 Å². The maximum Gasteiger partial charge on any atom is 0.334 e. The highest BCUT2D eigenvalue weighted by Gasteiger charge is 2.28. The first kappa shape index (κ1) is 10.5. The molecule has 0 amide bonds. The molecule has 0 aliphatic heterocycles. The molecule has 0 aromatic carbocycles. The van der Waals surface area contributed by atoms with Crippen molar-refractivity contribution < 1.29 is 14.6 Å². The van der Waals surface area contributed by atoms with E-state index in [1.54, 1.807) is 0 Å². The Bertz CT molecular complexity index is 175. The summed E-state index contributed by atoms with van der Waals surface area (Å²) in [6.07, 6.45) is 3.15. The summed E-state index contributed by atoms with van der Waals surface area (Å²) in [4.78, 5) is 10.8. The molecule has 3 nitrogen and oxygen atoms in total. The van der Waals surface area contributed by atoms with E-state index in [2.05, 4.69) is 11.7 Å². The maximum atomic E-state index is 10.8. The first-order chi connectivity index (χ1) is 6.15. The Morgan fingerprint density at radius 3 is 2.62 bits per heavy atom. The Kier molecular flexibility index (Phi) is 3.72. The second-order valence-corrected chi connectivity index (χ2v) is 3.93. The van der Waals surface area contributed by atoms with E-state index in [4.69, 9.17) is 0 Å². The average Bonchev–Trinajstić information content (AvgIpc) is 2.95. The number of hydrogen-bond donors (Lipinski definition) is 1. The maximum absolute atomic E-state index is 10.8. The summed E-state index contributed by atoms with van der Waals surface area (Å²) in [7, 11) is 1.30. The molecule has 0 aromatic rings. The van der Waals surface area contributed by atoms with Crippen molar-refractivity contribution in [3.05, 3.63) is 0 Å².